The molecule has 98 valence electrons. The lowest BCUT2D eigenvalue weighted by atomic mass is 9.88. The Bertz CT molecular complexity index is 277. The molecule has 3 N–H and O–H groups in total. The third kappa shape index (κ3) is 2.78. The van der Waals surface area contributed by atoms with Gasteiger partial charge in [-0.15, -0.1) is 0 Å². The Morgan fingerprint density at radius 2 is 2.12 bits per heavy atom. The maximum absolute atomic E-state index is 12.2. The van der Waals surface area contributed by atoms with Crippen LogP contribution >= 0.6 is 0 Å². The van der Waals surface area contributed by atoms with E-state index in [2.05, 4.69) is 5.32 Å². The molecule has 2 fully saturated rings. The first-order chi connectivity index (χ1) is 8.17. The largest absolute Gasteiger partial charge is 0.381 e. The van der Waals surface area contributed by atoms with Crippen LogP contribution in [0.1, 0.15) is 26.2 Å². The molecule has 0 saturated carbocycles. The average molecular weight is 242 g/mol. The van der Waals surface area contributed by atoms with E-state index in [1.165, 1.54) is 0 Å². The number of carbonyl (C=O) groups excluding carboxylic acids is 1. The van der Waals surface area contributed by atoms with Gasteiger partial charge >= 0.3 is 0 Å². The Kier molecular flexibility index (Phi) is 4.01. The second-order valence-electron chi connectivity index (χ2n) is 5.06. The number of amides is 1. The zero-order valence-corrected chi connectivity index (χ0v) is 10.4. The van der Waals surface area contributed by atoms with Crippen molar-refractivity contribution in [2.24, 2.45) is 11.7 Å². The second kappa shape index (κ2) is 5.33. The van der Waals surface area contributed by atoms with Gasteiger partial charge in [0.2, 0.25) is 5.91 Å². The van der Waals surface area contributed by atoms with Gasteiger partial charge < -0.3 is 20.5 Å². The molecular formula is C12H22N2O3. The van der Waals surface area contributed by atoms with Crippen molar-refractivity contribution in [3.05, 3.63) is 0 Å². The van der Waals surface area contributed by atoms with Gasteiger partial charge in [-0.2, -0.15) is 0 Å². The van der Waals surface area contributed by atoms with E-state index in [9.17, 15) is 4.79 Å². The van der Waals surface area contributed by atoms with E-state index in [4.69, 9.17) is 15.2 Å². The molecule has 1 amide bonds. The van der Waals surface area contributed by atoms with Crippen LogP contribution in [0.15, 0.2) is 0 Å². The fourth-order valence-electron chi connectivity index (χ4n) is 2.57. The van der Waals surface area contributed by atoms with Gasteiger partial charge in [-0.25, -0.2) is 0 Å². The first-order valence-electron chi connectivity index (χ1n) is 6.38. The molecule has 2 atom stereocenters. The molecule has 17 heavy (non-hydrogen) atoms. The predicted octanol–water partition coefficient (Wildman–Crippen LogP) is 0.0355. The summed E-state index contributed by atoms with van der Waals surface area (Å²) in [5.41, 5.74) is 5.55. The fourth-order valence-corrected chi connectivity index (χ4v) is 2.57. The van der Waals surface area contributed by atoms with E-state index in [0.717, 1.165) is 19.3 Å². The Hall–Kier alpha value is -0.650. The minimum absolute atomic E-state index is 0.0182. The van der Waals surface area contributed by atoms with Gasteiger partial charge in [0.05, 0.1) is 17.6 Å². The molecule has 2 heterocycles. The van der Waals surface area contributed by atoms with Crippen LogP contribution in [0.2, 0.25) is 0 Å². The van der Waals surface area contributed by atoms with Crippen molar-refractivity contribution < 1.29 is 14.3 Å². The maximum Gasteiger partial charge on any atom is 0.226 e. The first kappa shape index (κ1) is 12.8. The van der Waals surface area contributed by atoms with Gasteiger partial charge in [0, 0.05) is 26.4 Å². The van der Waals surface area contributed by atoms with Crippen molar-refractivity contribution in [2.45, 2.75) is 37.8 Å². The molecule has 0 aliphatic carbocycles. The summed E-state index contributed by atoms with van der Waals surface area (Å²) in [5, 5.41) is 3.13. The molecule has 0 aromatic heterocycles. The number of hydrogen-bond donors (Lipinski definition) is 2. The van der Waals surface area contributed by atoms with Crippen LogP contribution < -0.4 is 11.1 Å². The van der Waals surface area contributed by atoms with Gasteiger partial charge in [0.25, 0.3) is 0 Å². The zero-order valence-electron chi connectivity index (χ0n) is 10.4. The number of carbonyl (C=O) groups is 1. The summed E-state index contributed by atoms with van der Waals surface area (Å²) in [5.74, 6) is 0.0589. The van der Waals surface area contributed by atoms with E-state index < -0.39 is 0 Å². The molecular weight excluding hydrogens is 220 g/mol. The second-order valence-corrected chi connectivity index (χ2v) is 5.06. The minimum atomic E-state index is -0.266. The number of rotatable bonds is 3. The predicted molar refractivity (Wildman–Crippen MR) is 63.5 cm³/mol. The van der Waals surface area contributed by atoms with Crippen molar-refractivity contribution in [1.29, 1.82) is 0 Å². The highest BCUT2D eigenvalue weighted by Crippen LogP contribution is 2.24. The maximum atomic E-state index is 12.2. The average Bonchev–Trinajstić information content (AvgIpc) is 2.77. The van der Waals surface area contributed by atoms with Crippen LogP contribution in [0.25, 0.3) is 0 Å². The third-order valence-corrected chi connectivity index (χ3v) is 3.94. The Morgan fingerprint density at radius 3 is 2.65 bits per heavy atom. The summed E-state index contributed by atoms with van der Waals surface area (Å²) in [7, 11) is 0. The molecule has 0 spiro atoms. The normalized spacial score (nSPS) is 32.4. The van der Waals surface area contributed by atoms with Crippen molar-refractivity contribution in [2.75, 3.05) is 26.4 Å². The van der Waals surface area contributed by atoms with Gasteiger partial charge in [-0.1, -0.05) is 0 Å². The van der Waals surface area contributed by atoms with Gasteiger partial charge in [-0.05, 0) is 26.2 Å². The molecule has 2 rings (SSSR count). The van der Waals surface area contributed by atoms with E-state index in [-0.39, 0.29) is 23.5 Å². The third-order valence-electron chi connectivity index (χ3n) is 3.94. The Morgan fingerprint density at radius 1 is 1.41 bits per heavy atom. The van der Waals surface area contributed by atoms with Crippen LogP contribution in [0, 0.1) is 5.92 Å². The van der Waals surface area contributed by atoms with Crippen molar-refractivity contribution in [3.63, 3.8) is 0 Å². The van der Waals surface area contributed by atoms with Gasteiger partial charge in [-0.3, -0.25) is 4.79 Å². The molecule has 2 unspecified atom stereocenters. The summed E-state index contributed by atoms with van der Waals surface area (Å²) in [6.07, 6.45) is 2.43. The van der Waals surface area contributed by atoms with E-state index >= 15 is 0 Å². The molecule has 0 aromatic carbocycles. The Labute approximate surface area is 102 Å². The van der Waals surface area contributed by atoms with Crippen LogP contribution in [-0.2, 0) is 14.3 Å². The summed E-state index contributed by atoms with van der Waals surface area (Å²) in [6.45, 7) is 4.46. The monoisotopic (exact) mass is 242 g/mol. The first-order valence-corrected chi connectivity index (χ1v) is 6.38. The standard InChI is InChI=1S/C12H22N2O3/c1-9-10(2-5-17-9)11(15)14-12(8-13)3-6-16-7-4-12/h9-10H,2-8,13H2,1H3,(H,14,15). The van der Waals surface area contributed by atoms with Crippen LogP contribution in [0.4, 0.5) is 0 Å². The fraction of sp³-hybridized carbons (Fsp3) is 0.917. The Balaban J connectivity index is 1.95. The van der Waals surface area contributed by atoms with E-state index in [1.54, 1.807) is 0 Å². The van der Waals surface area contributed by atoms with Crippen molar-refractivity contribution in [1.82, 2.24) is 5.32 Å². The van der Waals surface area contributed by atoms with Crippen molar-refractivity contribution in [3.8, 4) is 0 Å². The molecule has 5 nitrogen and oxygen atoms in total. The highest BCUT2D eigenvalue weighted by atomic mass is 16.5. The molecule has 2 saturated heterocycles. The number of hydrogen-bond acceptors (Lipinski definition) is 4. The minimum Gasteiger partial charge on any atom is -0.381 e. The topological polar surface area (TPSA) is 73.6 Å². The van der Waals surface area contributed by atoms with Gasteiger partial charge in [0.1, 0.15) is 0 Å². The summed E-state index contributed by atoms with van der Waals surface area (Å²) < 4.78 is 10.7. The van der Waals surface area contributed by atoms with E-state index in [1.807, 2.05) is 6.92 Å². The lowest BCUT2D eigenvalue weighted by Crippen LogP contribution is -2.58. The zero-order chi connectivity index (χ0) is 12.3. The van der Waals surface area contributed by atoms with Gasteiger partial charge in [0.15, 0.2) is 0 Å². The van der Waals surface area contributed by atoms with Crippen LogP contribution in [-0.4, -0.2) is 43.9 Å². The lowest BCUT2D eigenvalue weighted by molar-refractivity contribution is -0.129. The molecule has 0 bridgehead atoms. The smallest absolute Gasteiger partial charge is 0.226 e. The molecule has 5 heteroatoms. The SMILES string of the molecule is CC1OCCC1C(=O)NC1(CN)CCOCC1. The molecule has 2 aliphatic heterocycles. The summed E-state index contributed by atoms with van der Waals surface area (Å²) >= 11 is 0. The van der Waals surface area contributed by atoms with Crippen LogP contribution in [0.5, 0.6) is 0 Å². The highest BCUT2D eigenvalue weighted by Gasteiger charge is 2.37. The van der Waals surface area contributed by atoms with Crippen LogP contribution in [0.3, 0.4) is 0 Å². The number of ether oxygens (including phenoxy) is 2. The molecule has 2 aliphatic rings. The summed E-state index contributed by atoms with van der Waals surface area (Å²) in [6, 6.07) is 0. The van der Waals surface area contributed by atoms with E-state index in [0.29, 0.717) is 26.4 Å². The quantitative estimate of drug-likeness (QED) is 0.732. The molecule has 0 aromatic rings. The highest BCUT2D eigenvalue weighted by molar-refractivity contribution is 5.80. The summed E-state index contributed by atoms with van der Waals surface area (Å²) in [4.78, 5) is 12.2. The number of nitrogens with two attached hydrogens (primary N) is 1. The lowest BCUT2D eigenvalue weighted by Gasteiger charge is -2.37. The molecule has 0 radical (unpaired) electrons. The van der Waals surface area contributed by atoms with Crippen molar-refractivity contribution >= 4 is 5.91 Å². The number of nitrogens with one attached hydrogen (secondary N) is 1.